The molecular weight excluding hydrogens is 236 g/mol. The Morgan fingerprint density at radius 3 is 2.06 bits per heavy atom. The maximum atomic E-state index is 5.42. The predicted molar refractivity (Wildman–Crippen MR) is 68.2 cm³/mol. The van der Waals surface area contributed by atoms with Gasteiger partial charge in [0.25, 0.3) is 0 Å². The van der Waals surface area contributed by atoms with Crippen molar-refractivity contribution in [3.05, 3.63) is 29.3 Å². The lowest BCUT2D eigenvalue weighted by Crippen LogP contribution is -2.45. The van der Waals surface area contributed by atoms with Crippen LogP contribution < -0.4 is 4.74 Å². The van der Waals surface area contributed by atoms with Crippen molar-refractivity contribution in [1.82, 2.24) is 0 Å². The molecule has 0 amide bonds. The van der Waals surface area contributed by atoms with Crippen molar-refractivity contribution in [3.63, 3.8) is 0 Å². The highest BCUT2D eigenvalue weighted by Gasteiger charge is 2.39. The first-order chi connectivity index (χ1) is 8.12. The summed E-state index contributed by atoms with van der Waals surface area (Å²) < 4.78 is 21.7. The number of hydrogen-bond donors (Lipinski definition) is 0. The SMILES string of the molecule is COc1c(C)cccc1C[Si](OC)(OC)OC. The lowest BCUT2D eigenvalue weighted by molar-refractivity contribution is 0.122. The van der Waals surface area contributed by atoms with Gasteiger partial charge >= 0.3 is 8.80 Å². The quantitative estimate of drug-likeness (QED) is 0.729. The number of hydrogen-bond acceptors (Lipinski definition) is 4. The summed E-state index contributed by atoms with van der Waals surface area (Å²) in [5.74, 6) is 0.871. The van der Waals surface area contributed by atoms with E-state index < -0.39 is 8.80 Å². The average molecular weight is 256 g/mol. The fraction of sp³-hybridized carbons (Fsp3) is 0.500. The molecule has 4 nitrogen and oxygen atoms in total. The Kier molecular flexibility index (Phi) is 5.14. The van der Waals surface area contributed by atoms with Gasteiger partial charge in [0.1, 0.15) is 5.75 Å². The molecule has 0 N–H and O–H groups in total. The van der Waals surface area contributed by atoms with Gasteiger partial charge in [0.15, 0.2) is 0 Å². The maximum absolute atomic E-state index is 5.42. The normalized spacial score (nSPS) is 11.6. The van der Waals surface area contributed by atoms with Crippen molar-refractivity contribution in [2.24, 2.45) is 0 Å². The van der Waals surface area contributed by atoms with Gasteiger partial charge in [-0.1, -0.05) is 18.2 Å². The zero-order valence-electron chi connectivity index (χ0n) is 11.1. The molecule has 0 fully saturated rings. The van der Waals surface area contributed by atoms with E-state index in [4.69, 9.17) is 18.0 Å². The zero-order valence-corrected chi connectivity index (χ0v) is 12.1. The highest BCUT2D eigenvalue weighted by Crippen LogP contribution is 2.26. The van der Waals surface area contributed by atoms with Crippen LogP contribution in [0.2, 0.25) is 0 Å². The Morgan fingerprint density at radius 2 is 1.59 bits per heavy atom. The molecule has 0 spiro atoms. The van der Waals surface area contributed by atoms with Gasteiger partial charge < -0.3 is 18.0 Å². The van der Waals surface area contributed by atoms with E-state index in [9.17, 15) is 0 Å². The van der Waals surface area contributed by atoms with E-state index in [-0.39, 0.29) is 0 Å². The predicted octanol–water partition coefficient (Wildman–Crippen LogP) is 1.96. The van der Waals surface area contributed by atoms with Gasteiger partial charge in [-0.25, -0.2) is 0 Å². The van der Waals surface area contributed by atoms with Crippen LogP contribution in [0, 0.1) is 6.92 Å². The summed E-state index contributed by atoms with van der Waals surface area (Å²) in [6.07, 6.45) is 0. The second-order valence-corrected chi connectivity index (χ2v) is 6.68. The fourth-order valence-electron chi connectivity index (χ4n) is 1.84. The highest BCUT2D eigenvalue weighted by atomic mass is 28.4. The minimum Gasteiger partial charge on any atom is -0.496 e. The van der Waals surface area contributed by atoms with Crippen LogP contribution in [0.3, 0.4) is 0 Å². The summed E-state index contributed by atoms with van der Waals surface area (Å²) in [4.78, 5) is 0. The molecule has 1 rings (SSSR count). The number of rotatable bonds is 6. The molecule has 0 saturated carbocycles. The second-order valence-electron chi connectivity index (χ2n) is 3.74. The van der Waals surface area contributed by atoms with Gasteiger partial charge in [-0.3, -0.25) is 0 Å². The summed E-state index contributed by atoms with van der Waals surface area (Å²) >= 11 is 0. The van der Waals surface area contributed by atoms with Crippen molar-refractivity contribution in [1.29, 1.82) is 0 Å². The van der Waals surface area contributed by atoms with Gasteiger partial charge in [-0.2, -0.15) is 0 Å². The topological polar surface area (TPSA) is 36.9 Å². The van der Waals surface area contributed by atoms with Crippen molar-refractivity contribution in [3.8, 4) is 5.75 Å². The third kappa shape index (κ3) is 3.07. The second kappa shape index (κ2) is 6.16. The molecule has 0 aromatic heterocycles. The maximum Gasteiger partial charge on any atom is 0.504 e. The number of ether oxygens (including phenoxy) is 1. The molecule has 0 aliphatic heterocycles. The van der Waals surface area contributed by atoms with Crippen LogP contribution >= 0.6 is 0 Å². The molecule has 17 heavy (non-hydrogen) atoms. The standard InChI is InChI=1S/C12H20O4Si/c1-10-7-6-8-11(12(10)13-2)9-17(14-3,15-4)16-5/h6-8H,9H2,1-5H3. The number of para-hydroxylation sites is 1. The van der Waals surface area contributed by atoms with Crippen LogP contribution in [0.1, 0.15) is 11.1 Å². The minimum absolute atomic E-state index is 0.599. The third-order valence-electron chi connectivity index (χ3n) is 2.84. The zero-order chi connectivity index (χ0) is 12.9. The van der Waals surface area contributed by atoms with Crippen LogP contribution in [-0.4, -0.2) is 37.2 Å². The third-order valence-corrected chi connectivity index (χ3v) is 5.52. The Hall–Kier alpha value is -0.883. The summed E-state index contributed by atoms with van der Waals surface area (Å²) in [5, 5.41) is 0. The van der Waals surface area contributed by atoms with Gasteiger partial charge in [0.05, 0.1) is 7.11 Å². The Labute approximate surface area is 104 Å². The minimum atomic E-state index is -2.61. The van der Waals surface area contributed by atoms with Crippen LogP contribution in [0.15, 0.2) is 18.2 Å². The molecule has 0 heterocycles. The van der Waals surface area contributed by atoms with Gasteiger partial charge in [-0.15, -0.1) is 0 Å². The molecule has 1 aromatic rings. The number of methoxy groups -OCH3 is 1. The molecule has 0 aliphatic rings. The Bertz CT molecular complexity index is 355. The molecule has 96 valence electrons. The van der Waals surface area contributed by atoms with E-state index in [1.165, 1.54) is 0 Å². The lowest BCUT2D eigenvalue weighted by atomic mass is 10.1. The number of benzene rings is 1. The van der Waals surface area contributed by atoms with E-state index in [1.807, 2.05) is 25.1 Å². The molecule has 0 aliphatic carbocycles. The highest BCUT2D eigenvalue weighted by molar-refractivity contribution is 6.60. The average Bonchev–Trinajstić information content (AvgIpc) is 2.36. The van der Waals surface area contributed by atoms with Gasteiger partial charge in [0.2, 0.25) is 0 Å². The van der Waals surface area contributed by atoms with Crippen molar-refractivity contribution >= 4 is 8.80 Å². The summed E-state index contributed by atoms with van der Waals surface area (Å²) in [5.41, 5.74) is 2.14. The summed E-state index contributed by atoms with van der Waals surface area (Å²) in [7, 11) is 3.90. The Balaban J connectivity index is 3.05. The van der Waals surface area contributed by atoms with Crippen molar-refractivity contribution < 1.29 is 18.0 Å². The van der Waals surface area contributed by atoms with Gasteiger partial charge in [-0.05, 0) is 18.1 Å². The molecule has 5 heteroatoms. The first-order valence-corrected chi connectivity index (χ1v) is 7.33. The molecule has 0 bridgehead atoms. The molecule has 0 saturated heterocycles. The first-order valence-electron chi connectivity index (χ1n) is 5.40. The van der Waals surface area contributed by atoms with Gasteiger partial charge in [0, 0.05) is 27.4 Å². The van der Waals surface area contributed by atoms with E-state index in [0.717, 1.165) is 16.9 Å². The van der Waals surface area contributed by atoms with Crippen LogP contribution in [-0.2, 0) is 19.3 Å². The monoisotopic (exact) mass is 256 g/mol. The summed E-state index contributed by atoms with van der Waals surface area (Å²) in [6.45, 7) is 2.01. The molecule has 1 aromatic carbocycles. The van der Waals surface area contributed by atoms with Crippen molar-refractivity contribution in [2.45, 2.75) is 13.0 Å². The summed E-state index contributed by atoms with van der Waals surface area (Å²) in [6, 6.07) is 6.61. The fourth-order valence-corrected chi connectivity index (χ4v) is 3.52. The van der Waals surface area contributed by atoms with E-state index in [0.29, 0.717) is 6.04 Å². The van der Waals surface area contributed by atoms with E-state index in [1.54, 1.807) is 28.4 Å². The van der Waals surface area contributed by atoms with Crippen LogP contribution in [0.25, 0.3) is 0 Å². The molecule has 0 unspecified atom stereocenters. The van der Waals surface area contributed by atoms with E-state index >= 15 is 0 Å². The number of aryl methyl sites for hydroxylation is 1. The van der Waals surface area contributed by atoms with Crippen LogP contribution in [0.4, 0.5) is 0 Å². The Morgan fingerprint density at radius 1 is 1.00 bits per heavy atom. The van der Waals surface area contributed by atoms with Crippen molar-refractivity contribution in [2.75, 3.05) is 28.4 Å². The van der Waals surface area contributed by atoms with Crippen LogP contribution in [0.5, 0.6) is 5.75 Å². The smallest absolute Gasteiger partial charge is 0.496 e. The largest absolute Gasteiger partial charge is 0.504 e. The lowest BCUT2D eigenvalue weighted by Gasteiger charge is -2.25. The molecule has 0 atom stereocenters. The van der Waals surface area contributed by atoms with E-state index in [2.05, 4.69) is 0 Å². The molecular formula is C12H20O4Si. The molecule has 0 radical (unpaired) electrons. The first kappa shape index (κ1) is 14.2.